The zero-order valence-electron chi connectivity index (χ0n) is 8.83. The lowest BCUT2D eigenvalue weighted by molar-refractivity contribution is 0.602. The highest BCUT2D eigenvalue weighted by molar-refractivity contribution is 5.78. The van der Waals surface area contributed by atoms with Crippen LogP contribution in [-0.2, 0) is 0 Å². The van der Waals surface area contributed by atoms with E-state index in [1.165, 1.54) is 18.4 Å². The van der Waals surface area contributed by atoms with Crippen molar-refractivity contribution in [2.24, 2.45) is 11.7 Å². The van der Waals surface area contributed by atoms with E-state index >= 15 is 0 Å². The highest BCUT2D eigenvalue weighted by Crippen LogP contribution is 2.38. The van der Waals surface area contributed by atoms with Gasteiger partial charge in [0.1, 0.15) is 5.82 Å². The Morgan fingerprint density at radius 2 is 2.27 bits per heavy atom. The Kier molecular flexibility index (Phi) is 1.83. The summed E-state index contributed by atoms with van der Waals surface area (Å²) in [5.74, 6) is 1.59. The predicted octanol–water partition coefficient (Wildman–Crippen LogP) is 2.28. The maximum atomic E-state index is 6.12. The van der Waals surface area contributed by atoms with Gasteiger partial charge in [0, 0.05) is 0 Å². The number of aromatic nitrogens is 2. The predicted molar refractivity (Wildman–Crippen MR) is 60.5 cm³/mol. The van der Waals surface area contributed by atoms with Gasteiger partial charge in [-0.25, -0.2) is 4.98 Å². The molecule has 0 amide bonds. The summed E-state index contributed by atoms with van der Waals surface area (Å²) in [4.78, 5) is 7.91. The van der Waals surface area contributed by atoms with E-state index in [1.807, 2.05) is 6.07 Å². The molecule has 1 aromatic carbocycles. The number of hydrogen-bond donors (Lipinski definition) is 2. The van der Waals surface area contributed by atoms with Gasteiger partial charge in [0.15, 0.2) is 0 Å². The molecule has 0 bridgehead atoms. The fourth-order valence-electron chi connectivity index (χ4n) is 2.03. The third-order valence-corrected chi connectivity index (χ3v) is 3.18. The van der Waals surface area contributed by atoms with Crippen LogP contribution < -0.4 is 5.73 Å². The molecule has 0 saturated heterocycles. The summed E-state index contributed by atoms with van der Waals surface area (Å²) in [5.41, 5.74) is 9.48. The molecule has 2 aromatic rings. The normalized spacial score (nSPS) is 18.3. The summed E-state index contributed by atoms with van der Waals surface area (Å²) in [6.07, 6.45) is 2.49. The average molecular weight is 201 g/mol. The maximum Gasteiger partial charge on any atom is 0.124 e. The molecule has 0 aliphatic heterocycles. The fourth-order valence-corrected chi connectivity index (χ4v) is 2.03. The molecule has 3 nitrogen and oxygen atoms in total. The van der Waals surface area contributed by atoms with Gasteiger partial charge in [-0.15, -0.1) is 0 Å². The van der Waals surface area contributed by atoms with Gasteiger partial charge >= 0.3 is 0 Å². The van der Waals surface area contributed by atoms with Crippen LogP contribution in [0.5, 0.6) is 0 Å². The lowest BCUT2D eigenvalue weighted by Crippen LogP contribution is -2.13. The average Bonchev–Trinajstić information content (AvgIpc) is 2.97. The van der Waals surface area contributed by atoms with Gasteiger partial charge in [-0.3, -0.25) is 0 Å². The van der Waals surface area contributed by atoms with Crippen molar-refractivity contribution in [2.45, 2.75) is 25.8 Å². The summed E-state index contributed by atoms with van der Waals surface area (Å²) in [6, 6.07) is 6.27. The molecule has 1 unspecified atom stereocenters. The molecule has 1 saturated carbocycles. The number of H-pyrrole nitrogens is 1. The molecule has 1 atom stereocenters. The van der Waals surface area contributed by atoms with Crippen molar-refractivity contribution < 1.29 is 0 Å². The third-order valence-electron chi connectivity index (χ3n) is 3.18. The van der Waals surface area contributed by atoms with E-state index in [4.69, 9.17) is 5.73 Å². The van der Waals surface area contributed by atoms with E-state index in [9.17, 15) is 0 Å². The fraction of sp³-hybridized carbons (Fsp3) is 0.417. The first-order chi connectivity index (χ1) is 7.25. The summed E-state index contributed by atoms with van der Waals surface area (Å²) < 4.78 is 0. The van der Waals surface area contributed by atoms with Crippen LogP contribution in [0.3, 0.4) is 0 Å². The van der Waals surface area contributed by atoms with Crippen LogP contribution in [0.4, 0.5) is 0 Å². The van der Waals surface area contributed by atoms with E-state index in [0.29, 0.717) is 5.92 Å². The van der Waals surface area contributed by atoms with Crippen LogP contribution in [0, 0.1) is 12.8 Å². The van der Waals surface area contributed by atoms with Crippen LogP contribution in [0.2, 0.25) is 0 Å². The Bertz CT molecular complexity index is 497. The molecule has 15 heavy (non-hydrogen) atoms. The van der Waals surface area contributed by atoms with Gasteiger partial charge in [0.25, 0.3) is 0 Å². The lowest BCUT2D eigenvalue weighted by atomic mass is 10.2. The topological polar surface area (TPSA) is 54.7 Å². The highest BCUT2D eigenvalue weighted by atomic mass is 15.0. The molecule has 1 aliphatic rings. The van der Waals surface area contributed by atoms with Crippen LogP contribution in [-0.4, -0.2) is 9.97 Å². The van der Waals surface area contributed by atoms with Gasteiger partial charge in [0.05, 0.1) is 17.1 Å². The number of rotatable bonds is 2. The molecule has 1 fully saturated rings. The zero-order valence-corrected chi connectivity index (χ0v) is 8.83. The Hall–Kier alpha value is -1.35. The van der Waals surface area contributed by atoms with Gasteiger partial charge in [-0.2, -0.15) is 0 Å². The van der Waals surface area contributed by atoms with Crippen molar-refractivity contribution >= 4 is 11.0 Å². The number of nitrogens with two attached hydrogens (primary N) is 1. The molecule has 3 heteroatoms. The second-order valence-corrected chi connectivity index (χ2v) is 4.46. The van der Waals surface area contributed by atoms with Crippen LogP contribution >= 0.6 is 0 Å². The van der Waals surface area contributed by atoms with Gasteiger partial charge in [-0.05, 0) is 37.3 Å². The van der Waals surface area contributed by atoms with Crippen molar-refractivity contribution in [3.63, 3.8) is 0 Å². The number of aryl methyl sites for hydroxylation is 1. The Balaban J connectivity index is 2.09. The summed E-state index contributed by atoms with van der Waals surface area (Å²) in [7, 11) is 0. The van der Waals surface area contributed by atoms with E-state index in [-0.39, 0.29) is 6.04 Å². The summed E-state index contributed by atoms with van der Waals surface area (Å²) in [6.45, 7) is 2.08. The number of benzene rings is 1. The van der Waals surface area contributed by atoms with Crippen molar-refractivity contribution in [3.05, 3.63) is 29.6 Å². The van der Waals surface area contributed by atoms with Crippen molar-refractivity contribution in [1.29, 1.82) is 0 Å². The number of hydrogen-bond acceptors (Lipinski definition) is 2. The minimum Gasteiger partial charge on any atom is -0.341 e. The molecule has 78 valence electrons. The van der Waals surface area contributed by atoms with Crippen molar-refractivity contribution in [2.75, 3.05) is 0 Å². The lowest BCUT2D eigenvalue weighted by Gasteiger charge is -2.04. The van der Waals surface area contributed by atoms with Crippen LogP contribution in [0.15, 0.2) is 18.2 Å². The molecule has 1 aliphatic carbocycles. The minimum absolute atomic E-state index is 0.0943. The molecule has 1 heterocycles. The SMILES string of the molecule is Cc1cccc2[nH]c(C(N)C3CC3)nc12. The quantitative estimate of drug-likeness (QED) is 0.783. The first-order valence-corrected chi connectivity index (χ1v) is 5.46. The number of fused-ring (bicyclic) bond motifs is 1. The Morgan fingerprint density at radius 3 is 2.93 bits per heavy atom. The molecule has 1 aromatic heterocycles. The number of para-hydroxylation sites is 1. The standard InChI is InChI=1S/C12H15N3/c1-7-3-2-4-9-11(7)15-12(14-9)10(13)8-5-6-8/h2-4,8,10H,5-6,13H2,1H3,(H,14,15). The highest BCUT2D eigenvalue weighted by Gasteiger charge is 2.31. The third kappa shape index (κ3) is 1.43. The second kappa shape index (κ2) is 3.07. The monoisotopic (exact) mass is 201 g/mol. The molecular weight excluding hydrogens is 186 g/mol. The Labute approximate surface area is 88.7 Å². The number of nitrogens with zero attached hydrogens (tertiary/aromatic N) is 1. The summed E-state index contributed by atoms with van der Waals surface area (Å²) in [5, 5.41) is 0. The molecule has 3 N–H and O–H groups in total. The van der Waals surface area contributed by atoms with Gasteiger partial charge in [-0.1, -0.05) is 12.1 Å². The molecule has 3 rings (SSSR count). The number of nitrogens with one attached hydrogen (secondary N) is 1. The van der Waals surface area contributed by atoms with Gasteiger partial charge in [0.2, 0.25) is 0 Å². The van der Waals surface area contributed by atoms with E-state index in [2.05, 4.69) is 29.0 Å². The Morgan fingerprint density at radius 1 is 1.47 bits per heavy atom. The first kappa shape index (κ1) is 8.92. The molecule has 0 spiro atoms. The smallest absolute Gasteiger partial charge is 0.124 e. The largest absolute Gasteiger partial charge is 0.341 e. The van der Waals surface area contributed by atoms with E-state index in [0.717, 1.165) is 16.9 Å². The second-order valence-electron chi connectivity index (χ2n) is 4.46. The maximum absolute atomic E-state index is 6.12. The molecule has 0 radical (unpaired) electrons. The van der Waals surface area contributed by atoms with E-state index < -0.39 is 0 Å². The van der Waals surface area contributed by atoms with Crippen molar-refractivity contribution in [3.8, 4) is 0 Å². The van der Waals surface area contributed by atoms with Gasteiger partial charge < -0.3 is 10.7 Å². The van der Waals surface area contributed by atoms with E-state index in [1.54, 1.807) is 0 Å². The molecular formula is C12H15N3. The minimum atomic E-state index is 0.0943. The first-order valence-electron chi connectivity index (χ1n) is 5.46. The van der Waals surface area contributed by atoms with Crippen LogP contribution in [0.1, 0.15) is 30.3 Å². The van der Waals surface area contributed by atoms with Crippen LogP contribution in [0.25, 0.3) is 11.0 Å². The van der Waals surface area contributed by atoms with Crippen molar-refractivity contribution in [1.82, 2.24) is 9.97 Å². The summed E-state index contributed by atoms with van der Waals surface area (Å²) >= 11 is 0. The zero-order chi connectivity index (χ0) is 10.4. The number of aromatic amines is 1. The number of imidazole rings is 1.